The van der Waals surface area contributed by atoms with Crippen LogP contribution in [0.3, 0.4) is 0 Å². The Kier molecular flexibility index (Phi) is 8.30. The van der Waals surface area contributed by atoms with Gasteiger partial charge in [-0.15, -0.1) is 0 Å². The number of amides is 1. The molecule has 0 bridgehead atoms. The average Bonchev–Trinajstić information content (AvgIpc) is 3.40. The smallest absolute Gasteiger partial charge is 0.309 e. The van der Waals surface area contributed by atoms with E-state index in [1.54, 1.807) is 67.8 Å². The zero-order valence-corrected chi connectivity index (χ0v) is 23.8. The molecule has 4 aromatic carbocycles. The molecule has 1 heterocycles. The summed E-state index contributed by atoms with van der Waals surface area (Å²) in [7, 11) is 2.90. The minimum Gasteiger partial charge on any atom is -0.496 e. The zero-order chi connectivity index (χ0) is 28.9. The number of halogens is 2. The SMILES string of the molecule is COC(=O)Cc1ccc2oc(-c3ccc(NCc4ccc(NC(=O)c5ccc(OC)c(Br)c5)cc4)c(F)c3)nc2c1. The van der Waals surface area contributed by atoms with Crippen molar-refractivity contribution in [3.05, 3.63) is 106 Å². The van der Waals surface area contributed by atoms with Crippen LogP contribution in [-0.4, -0.2) is 31.1 Å². The Balaban J connectivity index is 1.20. The maximum absolute atomic E-state index is 14.9. The Hall–Kier alpha value is -4.70. The fourth-order valence-corrected chi connectivity index (χ4v) is 4.69. The standard InChI is InChI=1S/C31H25BrFN3O5/c1-39-27-12-7-20(15-23(27)32)30(38)35-22-8-3-18(4-9-22)17-34-25-10-6-21(16-24(25)33)31-36-26-13-19(14-29(37)40-2)5-11-28(26)41-31/h3-13,15-16,34H,14,17H2,1-2H3,(H,35,38). The molecule has 41 heavy (non-hydrogen) atoms. The predicted molar refractivity (Wildman–Crippen MR) is 158 cm³/mol. The number of oxazole rings is 1. The fraction of sp³-hybridized carbons (Fsp3) is 0.129. The van der Waals surface area contributed by atoms with Gasteiger partial charge in [-0.3, -0.25) is 9.59 Å². The Labute approximate surface area is 243 Å². The first-order valence-electron chi connectivity index (χ1n) is 12.6. The minimum atomic E-state index is -0.453. The molecule has 0 aliphatic heterocycles. The van der Waals surface area contributed by atoms with Gasteiger partial charge < -0.3 is 24.5 Å². The van der Waals surface area contributed by atoms with Gasteiger partial charge in [-0.05, 0) is 87.7 Å². The van der Waals surface area contributed by atoms with Gasteiger partial charge in [-0.1, -0.05) is 18.2 Å². The molecule has 0 radical (unpaired) electrons. The maximum atomic E-state index is 14.9. The molecule has 0 unspecified atom stereocenters. The largest absolute Gasteiger partial charge is 0.496 e. The molecule has 0 atom stereocenters. The zero-order valence-electron chi connectivity index (χ0n) is 22.2. The van der Waals surface area contributed by atoms with E-state index in [-0.39, 0.29) is 24.2 Å². The van der Waals surface area contributed by atoms with E-state index in [1.165, 1.54) is 13.2 Å². The van der Waals surface area contributed by atoms with E-state index in [0.717, 1.165) is 11.1 Å². The lowest BCUT2D eigenvalue weighted by Crippen LogP contribution is -2.12. The summed E-state index contributed by atoms with van der Waals surface area (Å²) >= 11 is 3.39. The molecule has 1 amide bonds. The second-order valence-electron chi connectivity index (χ2n) is 9.12. The lowest BCUT2D eigenvalue weighted by molar-refractivity contribution is -0.139. The summed E-state index contributed by atoms with van der Waals surface area (Å²) in [6, 6.07) is 22.3. The van der Waals surface area contributed by atoms with Gasteiger partial charge in [0.05, 0.1) is 30.8 Å². The van der Waals surface area contributed by atoms with Gasteiger partial charge in [0.2, 0.25) is 5.89 Å². The quantitative estimate of drug-likeness (QED) is 0.172. The summed E-state index contributed by atoms with van der Waals surface area (Å²) in [5.74, 6) is -0.130. The number of hydrogen-bond donors (Lipinski definition) is 2. The molecule has 0 saturated carbocycles. The highest BCUT2D eigenvalue weighted by Gasteiger charge is 2.13. The molecule has 8 nitrogen and oxygen atoms in total. The van der Waals surface area contributed by atoms with Crippen molar-refractivity contribution in [2.45, 2.75) is 13.0 Å². The van der Waals surface area contributed by atoms with Crippen LogP contribution in [0.5, 0.6) is 5.75 Å². The molecular formula is C31H25BrFN3O5. The number of fused-ring (bicyclic) bond motifs is 1. The molecular weight excluding hydrogens is 593 g/mol. The van der Waals surface area contributed by atoms with Crippen LogP contribution < -0.4 is 15.4 Å². The van der Waals surface area contributed by atoms with Crippen LogP contribution in [0.2, 0.25) is 0 Å². The van der Waals surface area contributed by atoms with Gasteiger partial charge in [-0.2, -0.15) is 0 Å². The molecule has 0 fully saturated rings. The summed E-state index contributed by atoms with van der Waals surface area (Å²) in [5.41, 5.74) is 4.69. The summed E-state index contributed by atoms with van der Waals surface area (Å²) in [4.78, 5) is 28.6. The molecule has 5 aromatic rings. The van der Waals surface area contributed by atoms with Crippen LogP contribution in [0.4, 0.5) is 15.8 Å². The van der Waals surface area contributed by atoms with E-state index < -0.39 is 5.82 Å². The number of hydrogen-bond acceptors (Lipinski definition) is 7. The summed E-state index contributed by atoms with van der Waals surface area (Å²) in [6.45, 7) is 0.377. The number of anilines is 2. The van der Waals surface area contributed by atoms with Crippen molar-refractivity contribution < 1.29 is 27.9 Å². The number of benzene rings is 4. The van der Waals surface area contributed by atoms with Gasteiger partial charge in [0, 0.05) is 23.4 Å². The second-order valence-corrected chi connectivity index (χ2v) is 9.98. The summed E-state index contributed by atoms with van der Waals surface area (Å²) in [5, 5.41) is 5.96. The normalized spacial score (nSPS) is 10.8. The third-order valence-electron chi connectivity index (χ3n) is 6.35. The van der Waals surface area contributed by atoms with Gasteiger partial charge >= 0.3 is 5.97 Å². The summed E-state index contributed by atoms with van der Waals surface area (Å²) in [6.07, 6.45) is 0.128. The van der Waals surface area contributed by atoms with Crippen molar-refractivity contribution in [1.29, 1.82) is 0 Å². The van der Waals surface area contributed by atoms with E-state index in [1.807, 2.05) is 12.1 Å². The number of esters is 1. The van der Waals surface area contributed by atoms with Crippen LogP contribution in [-0.2, 0) is 22.5 Å². The Morgan fingerprint density at radius 1 is 0.951 bits per heavy atom. The first-order chi connectivity index (χ1) is 19.8. The molecule has 0 aliphatic rings. The number of methoxy groups -OCH3 is 2. The molecule has 0 aliphatic carbocycles. The first-order valence-corrected chi connectivity index (χ1v) is 13.4. The highest BCUT2D eigenvalue weighted by atomic mass is 79.9. The Bertz CT molecular complexity index is 1740. The Morgan fingerprint density at radius 3 is 2.44 bits per heavy atom. The first kappa shape index (κ1) is 27.9. The Morgan fingerprint density at radius 2 is 1.73 bits per heavy atom. The molecule has 0 saturated heterocycles. The third kappa shape index (κ3) is 6.55. The van der Waals surface area contributed by atoms with Crippen molar-refractivity contribution in [2.75, 3.05) is 24.9 Å². The maximum Gasteiger partial charge on any atom is 0.309 e. The van der Waals surface area contributed by atoms with E-state index in [0.29, 0.717) is 50.4 Å². The van der Waals surface area contributed by atoms with E-state index in [9.17, 15) is 14.0 Å². The van der Waals surface area contributed by atoms with Crippen LogP contribution >= 0.6 is 15.9 Å². The second kappa shape index (κ2) is 12.2. The highest BCUT2D eigenvalue weighted by Crippen LogP contribution is 2.29. The van der Waals surface area contributed by atoms with E-state index in [4.69, 9.17) is 13.9 Å². The molecule has 208 valence electrons. The number of carbonyl (C=O) groups is 2. The van der Waals surface area contributed by atoms with Gasteiger partial charge in [0.15, 0.2) is 5.58 Å². The molecule has 2 N–H and O–H groups in total. The number of carbonyl (C=O) groups excluding carboxylic acids is 2. The lowest BCUT2D eigenvalue weighted by Gasteiger charge is -2.10. The van der Waals surface area contributed by atoms with Crippen molar-refractivity contribution >= 4 is 50.3 Å². The van der Waals surface area contributed by atoms with Crippen LogP contribution in [0, 0.1) is 5.82 Å². The average molecular weight is 618 g/mol. The van der Waals surface area contributed by atoms with Gasteiger partial charge in [0.25, 0.3) is 5.91 Å². The molecule has 5 rings (SSSR count). The van der Waals surface area contributed by atoms with E-state index in [2.05, 4.69) is 31.5 Å². The van der Waals surface area contributed by atoms with E-state index >= 15 is 0 Å². The van der Waals surface area contributed by atoms with Crippen LogP contribution in [0.1, 0.15) is 21.5 Å². The van der Waals surface area contributed by atoms with Crippen molar-refractivity contribution in [3.8, 4) is 17.2 Å². The summed E-state index contributed by atoms with van der Waals surface area (Å²) < 4.78 is 31.3. The monoisotopic (exact) mass is 617 g/mol. The van der Waals surface area contributed by atoms with Crippen molar-refractivity contribution in [1.82, 2.24) is 4.98 Å². The highest BCUT2D eigenvalue weighted by molar-refractivity contribution is 9.10. The molecule has 10 heteroatoms. The van der Waals surface area contributed by atoms with Crippen molar-refractivity contribution in [3.63, 3.8) is 0 Å². The number of nitrogens with zero attached hydrogens (tertiary/aromatic N) is 1. The van der Waals surface area contributed by atoms with Crippen LogP contribution in [0.15, 0.2) is 87.8 Å². The number of ether oxygens (including phenoxy) is 2. The number of rotatable bonds is 9. The molecule has 1 aromatic heterocycles. The number of aromatic nitrogens is 1. The lowest BCUT2D eigenvalue weighted by atomic mass is 10.1. The van der Waals surface area contributed by atoms with Crippen LogP contribution in [0.25, 0.3) is 22.6 Å². The predicted octanol–water partition coefficient (Wildman–Crippen LogP) is 6.98. The minimum absolute atomic E-state index is 0.128. The topological polar surface area (TPSA) is 103 Å². The number of nitrogens with one attached hydrogen (secondary N) is 2. The fourth-order valence-electron chi connectivity index (χ4n) is 4.15. The van der Waals surface area contributed by atoms with Crippen molar-refractivity contribution in [2.24, 2.45) is 0 Å². The van der Waals surface area contributed by atoms with Gasteiger partial charge in [-0.25, -0.2) is 9.37 Å². The van der Waals surface area contributed by atoms with Gasteiger partial charge in [0.1, 0.15) is 17.1 Å². The third-order valence-corrected chi connectivity index (χ3v) is 6.97. The molecule has 0 spiro atoms.